The fourth-order valence-corrected chi connectivity index (χ4v) is 3.78. The molecule has 6 nitrogen and oxygen atoms in total. The van der Waals surface area contributed by atoms with Gasteiger partial charge in [-0.05, 0) is 36.2 Å². The quantitative estimate of drug-likeness (QED) is 0.447. The number of nitrogens with one attached hydrogen (secondary N) is 1. The SMILES string of the molecule is CCc1ccc(OCCC(=O)Nc2nc3scc(-c4ccc(Cl)cc4)n3n2)cc1. The molecule has 2 aromatic heterocycles. The van der Waals surface area contributed by atoms with Crippen molar-refractivity contribution in [1.29, 1.82) is 0 Å². The third-order valence-electron chi connectivity index (χ3n) is 4.40. The molecule has 1 N–H and O–H groups in total. The minimum Gasteiger partial charge on any atom is -0.493 e. The van der Waals surface area contributed by atoms with Crippen LogP contribution in [-0.2, 0) is 11.2 Å². The van der Waals surface area contributed by atoms with E-state index in [2.05, 4.69) is 22.3 Å². The zero-order valence-electron chi connectivity index (χ0n) is 15.8. The molecule has 0 bridgehead atoms. The van der Waals surface area contributed by atoms with Gasteiger partial charge in [-0.15, -0.1) is 16.4 Å². The zero-order chi connectivity index (χ0) is 20.2. The zero-order valence-corrected chi connectivity index (χ0v) is 17.3. The number of hydrogen-bond donors (Lipinski definition) is 1. The average molecular weight is 427 g/mol. The Morgan fingerprint density at radius 1 is 1.17 bits per heavy atom. The lowest BCUT2D eigenvalue weighted by Crippen LogP contribution is -2.16. The maximum absolute atomic E-state index is 12.2. The van der Waals surface area contributed by atoms with Gasteiger partial charge in [0.2, 0.25) is 16.8 Å². The van der Waals surface area contributed by atoms with Crippen LogP contribution in [0.3, 0.4) is 0 Å². The number of carbonyl (C=O) groups excluding carboxylic acids is 1. The Morgan fingerprint density at radius 3 is 2.66 bits per heavy atom. The second-order valence-electron chi connectivity index (χ2n) is 6.40. The largest absolute Gasteiger partial charge is 0.493 e. The van der Waals surface area contributed by atoms with Crippen molar-refractivity contribution in [2.75, 3.05) is 11.9 Å². The number of fused-ring (bicyclic) bond motifs is 1. The number of ether oxygens (including phenoxy) is 1. The highest BCUT2D eigenvalue weighted by molar-refractivity contribution is 7.15. The summed E-state index contributed by atoms with van der Waals surface area (Å²) in [4.78, 5) is 17.3. The summed E-state index contributed by atoms with van der Waals surface area (Å²) in [6.07, 6.45) is 1.20. The topological polar surface area (TPSA) is 68.5 Å². The highest BCUT2D eigenvalue weighted by Crippen LogP contribution is 2.27. The molecule has 8 heteroatoms. The van der Waals surface area contributed by atoms with Crippen LogP contribution < -0.4 is 10.1 Å². The second-order valence-corrected chi connectivity index (χ2v) is 7.67. The first-order valence-corrected chi connectivity index (χ1v) is 10.5. The normalized spacial score (nSPS) is 11.0. The van der Waals surface area contributed by atoms with Crippen molar-refractivity contribution in [1.82, 2.24) is 14.6 Å². The number of amides is 1. The molecule has 0 atom stereocenters. The van der Waals surface area contributed by atoms with E-state index >= 15 is 0 Å². The Balaban J connectivity index is 1.36. The molecule has 0 unspecified atom stereocenters. The molecule has 0 aliphatic rings. The lowest BCUT2D eigenvalue weighted by atomic mass is 10.2. The first kappa shape index (κ1) is 19.4. The molecule has 0 saturated carbocycles. The van der Waals surface area contributed by atoms with Crippen molar-refractivity contribution in [3.8, 4) is 17.0 Å². The lowest BCUT2D eigenvalue weighted by molar-refractivity contribution is -0.116. The smallest absolute Gasteiger partial charge is 0.250 e. The van der Waals surface area contributed by atoms with E-state index in [1.54, 1.807) is 4.52 Å². The Hall–Kier alpha value is -2.90. The van der Waals surface area contributed by atoms with Gasteiger partial charge in [0.25, 0.3) is 0 Å². The van der Waals surface area contributed by atoms with Gasteiger partial charge in [-0.2, -0.15) is 4.98 Å². The number of nitrogens with zero attached hydrogens (tertiary/aromatic N) is 3. The van der Waals surface area contributed by atoms with Crippen LogP contribution in [0.5, 0.6) is 5.75 Å². The van der Waals surface area contributed by atoms with Crippen molar-refractivity contribution in [2.45, 2.75) is 19.8 Å². The third kappa shape index (κ3) is 4.58. The molecule has 1 amide bonds. The molecule has 29 heavy (non-hydrogen) atoms. The van der Waals surface area contributed by atoms with E-state index < -0.39 is 0 Å². The van der Waals surface area contributed by atoms with Crippen molar-refractivity contribution >= 4 is 39.8 Å². The first-order chi connectivity index (χ1) is 14.1. The molecule has 2 aromatic carbocycles. The van der Waals surface area contributed by atoms with Gasteiger partial charge in [0, 0.05) is 16.0 Å². The van der Waals surface area contributed by atoms with Crippen molar-refractivity contribution in [2.24, 2.45) is 0 Å². The molecular weight excluding hydrogens is 408 g/mol. The summed E-state index contributed by atoms with van der Waals surface area (Å²) < 4.78 is 7.35. The van der Waals surface area contributed by atoms with Crippen molar-refractivity contribution in [3.63, 3.8) is 0 Å². The van der Waals surface area contributed by atoms with Crippen LogP contribution in [0.4, 0.5) is 5.95 Å². The number of aryl methyl sites for hydroxylation is 1. The number of benzene rings is 2. The van der Waals surface area contributed by atoms with E-state index in [1.807, 2.05) is 53.9 Å². The minimum atomic E-state index is -0.193. The van der Waals surface area contributed by atoms with Gasteiger partial charge in [0.1, 0.15) is 5.75 Å². The summed E-state index contributed by atoms with van der Waals surface area (Å²) in [7, 11) is 0. The van der Waals surface area contributed by atoms with Gasteiger partial charge < -0.3 is 4.74 Å². The molecule has 0 aliphatic heterocycles. The molecule has 4 rings (SSSR count). The maximum Gasteiger partial charge on any atom is 0.250 e. The molecular formula is C21H19ClN4O2S. The summed E-state index contributed by atoms with van der Waals surface area (Å²) >= 11 is 7.42. The standard InChI is InChI=1S/C21H19ClN4O2S/c1-2-14-3-9-17(10-4-14)28-12-11-19(27)23-20-24-21-26(25-20)18(13-29-21)15-5-7-16(22)8-6-15/h3-10,13H,2,11-12H2,1H3,(H,23,25,27). The van der Waals surface area contributed by atoms with Crippen LogP contribution in [0.2, 0.25) is 5.02 Å². The fourth-order valence-electron chi connectivity index (χ4n) is 2.82. The highest BCUT2D eigenvalue weighted by Gasteiger charge is 2.13. The second kappa shape index (κ2) is 8.63. The van der Waals surface area contributed by atoms with E-state index in [9.17, 15) is 4.79 Å². The van der Waals surface area contributed by atoms with E-state index in [0.29, 0.717) is 9.98 Å². The molecule has 0 spiro atoms. The molecule has 0 aliphatic carbocycles. The van der Waals surface area contributed by atoms with Crippen molar-refractivity contribution in [3.05, 3.63) is 64.5 Å². The van der Waals surface area contributed by atoms with Crippen LogP contribution in [0.25, 0.3) is 16.2 Å². The van der Waals surface area contributed by atoms with E-state index in [4.69, 9.17) is 16.3 Å². The number of thiazole rings is 1. The molecule has 4 aromatic rings. The average Bonchev–Trinajstić information content (AvgIpc) is 3.29. The summed E-state index contributed by atoms with van der Waals surface area (Å²) in [6.45, 7) is 2.39. The van der Waals surface area contributed by atoms with Crippen LogP contribution in [-0.4, -0.2) is 27.1 Å². The Morgan fingerprint density at radius 2 is 1.93 bits per heavy atom. The van der Waals surface area contributed by atoms with Gasteiger partial charge in [-0.3, -0.25) is 10.1 Å². The van der Waals surface area contributed by atoms with Gasteiger partial charge in [0.05, 0.1) is 18.7 Å². The number of halogens is 1. The molecule has 0 saturated heterocycles. The molecule has 2 heterocycles. The van der Waals surface area contributed by atoms with Crippen molar-refractivity contribution < 1.29 is 9.53 Å². The molecule has 0 fully saturated rings. The van der Waals surface area contributed by atoms with Crippen LogP contribution in [0.1, 0.15) is 18.9 Å². The fraction of sp³-hybridized carbons (Fsp3) is 0.190. The van der Waals surface area contributed by atoms with E-state index in [0.717, 1.165) is 23.4 Å². The summed E-state index contributed by atoms with van der Waals surface area (Å²) in [6, 6.07) is 15.4. The maximum atomic E-state index is 12.2. The van der Waals surface area contributed by atoms with E-state index in [1.165, 1.54) is 16.9 Å². The predicted molar refractivity (Wildman–Crippen MR) is 116 cm³/mol. The number of aromatic nitrogens is 3. The number of carbonyl (C=O) groups is 1. The molecule has 0 radical (unpaired) electrons. The van der Waals surface area contributed by atoms with Gasteiger partial charge in [-0.1, -0.05) is 42.8 Å². The monoisotopic (exact) mass is 426 g/mol. The minimum absolute atomic E-state index is 0.193. The number of hydrogen-bond acceptors (Lipinski definition) is 5. The summed E-state index contributed by atoms with van der Waals surface area (Å²) in [5.74, 6) is 0.842. The van der Waals surface area contributed by atoms with Crippen LogP contribution in [0.15, 0.2) is 53.9 Å². The van der Waals surface area contributed by atoms with Crippen LogP contribution in [0, 0.1) is 0 Å². The summed E-state index contributed by atoms with van der Waals surface area (Å²) in [5, 5.41) is 9.79. The van der Waals surface area contributed by atoms with E-state index in [-0.39, 0.29) is 24.9 Å². The Kier molecular flexibility index (Phi) is 5.78. The third-order valence-corrected chi connectivity index (χ3v) is 5.47. The lowest BCUT2D eigenvalue weighted by Gasteiger charge is -2.06. The molecule has 148 valence electrons. The van der Waals surface area contributed by atoms with Gasteiger partial charge in [-0.25, -0.2) is 4.52 Å². The predicted octanol–water partition coefficient (Wildman–Crippen LogP) is 5.08. The van der Waals surface area contributed by atoms with Crippen LogP contribution >= 0.6 is 22.9 Å². The number of anilines is 1. The summed E-state index contributed by atoms with van der Waals surface area (Å²) in [5.41, 5.74) is 3.12. The Bertz CT molecular complexity index is 1120. The Labute approximate surface area is 177 Å². The highest BCUT2D eigenvalue weighted by atomic mass is 35.5. The van der Waals surface area contributed by atoms with Gasteiger partial charge >= 0.3 is 0 Å². The number of rotatable bonds is 7. The first-order valence-electron chi connectivity index (χ1n) is 9.24. The van der Waals surface area contributed by atoms with Gasteiger partial charge in [0.15, 0.2) is 0 Å².